The Bertz CT molecular complexity index is 252. The Morgan fingerprint density at radius 1 is 1.42 bits per heavy atom. The van der Waals surface area contributed by atoms with Crippen molar-refractivity contribution in [3.63, 3.8) is 0 Å². The van der Waals surface area contributed by atoms with Crippen molar-refractivity contribution in [2.45, 2.75) is 40.2 Å². The lowest BCUT2D eigenvalue weighted by Crippen LogP contribution is -2.27. The van der Waals surface area contributed by atoms with E-state index in [1.54, 1.807) is 0 Å². The summed E-state index contributed by atoms with van der Waals surface area (Å²) in [6.45, 7) is 8.81. The van der Waals surface area contributed by atoms with Gasteiger partial charge in [-0.25, -0.2) is 0 Å². The summed E-state index contributed by atoms with van der Waals surface area (Å²) in [6, 6.07) is 0. The van der Waals surface area contributed by atoms with Crippen molar-refractivity contribution < 1.29 is 5.11 Å². The molecule has 2 aliphatic carbocycles. The highest BCUT2D eigenvalue weighted by molar-refractivity contribution is 5.30. The van der Waals surface area contributed by atoms with Gasteiger partial charge in [0.2, 0.25) is 0 Å². The molecular weight excluding hydrogens is 148 g/mol. The average molecular weight is 166 g/mol. The highest BCUT2D eigenvalue weighted by atomic mass is 16.3. The number of fused-ring (bicyclic) bond motifs is 1. The van der Waals surface area contributed by atoms with Gasteiger partial charge in [0, 0.05) is 5.41 Å². The van der Waals surface area contributed by atoms with Crippen molar-refractivity contribution >= 4 is 0 Å². The van der Waals surface area contributed by atoms with Gasteiger partial charge in [0.15, 0.2) is 0 Å². The molecule has 0 radical (unpaired) electrons. The first-order chi connectivity index (χ1) is 5.42. The molecule has 1 saturated carbocycles. The van der Waals surface area contributed by atoms with Gasteiger partial charge >= 0.3 is 0 Å². The molecule has 0 aromatic carbocycles. The number of aliphatic hydroxyl groups excluding tert-OH is 1. The molecule has 0 amide bonds. The molecule has 1 N–H and O–H groups in total. The van der Waals surface area contributed by atoms with E-state index in [0.717, 1.165) is 6.42 Å². The fraction of sp³-hybridized carbons (Fsp3) is 0.818. The molecule has 1 fully saturated rings. The normalized spacial score (nSPS) is 49.6. The quantitative estimate of drug-likeness (QED) is 0.548. The highest BCUT2D eigenvalue weighted by Gasteiger charge is 2.71. The van der Waals surface area contributed by atoms with Crippen LogP contribution in [0.15, 0.2) is 11.6 Å². The van der Waals surface area contributed by atoms with Gasteiger partial charge in [0.05, 0.1) is 6.10 Å². The van der Waals surface area contributed by atoms with Gasteiger partial charge in [-0.3, -0.25) is 0 Å². The predicted molar refractivity (Wildman–Crippen MR) is 49.8 cm³/mol. The van der Waals surface area contributed by atoms with E-state index in [1.807, 2.05) is 6.92 Å². The molecule has 68 valence electrons. The minimum atomic E-state index is -0.203. The van der Waals surface area contributed by atoms with Crippen LogP contribution in [0.5, 0.6) is 0 Å². The fourth-order valence-electron chi connectivity index (χ4n) is 3.11. The molecule has 0 aromatic rings. The van der Waals surface area contributed by atoms with Gasteiger partial charge < -0.3 is 5.11 Å². The van der Waals surface area contributed by atoms with Gasteiger partial charge in [-0.05, 0) is 30.3 Å². The monoisotopic (exact) mass is 166 g/mol. The summed E-state index contributed by atoms with van der Waals surface area (Å²) in [4.78, 5) is 0. The molecule has 0 aliphatic heterocycles. The molecule has 0 aromatic heterocycles. The zero-order valence-corrected chi connectivity index (χ0v) is 8.39. The van der Waals surface area contributed by atoms with Gasteiger partial charge in [-0.15, -0.1) is 0 Å². The third-order valence-electron chi connectivity index (χ3n) is 4.57. The minimum absolute atomic E-state index is 0.159. The van der Waals surface area contributed by atoms with E-state index < -0.39 is 0 Å². The number of aliphatic hydroxyl groups is 1. The van der Waals surface area contributed by atoms with E-state index >= 15 is 0 Å². The second-order valence-corrected chi connectivity index (χ2v) is 5.14. The number of allylic oxidation sites excluding steroid dienone is 1. The molecule has 3 unspecified atom stereocenters. The largest absolute Gasteiger partial charge is 0.388 e. The topological polar surface area (TPSA) is 20.2 Å². The summed E-state index contributed by atoms with van der Waals surface area (Å²) in [5.41, 5.74) is 1.66. The summed E-state index contributed by atoms with van der Waals surface area (Å²) in [7, 11) is 0. The smallest absolute Gasteiger partial charge is 0.0809 e. The maximum atomic E-state index is 10.0. The van der Waals surface area contributed by atoms with E-state index in [-0.39, 0.29) is 11.5 Å². The van der Waals surface area contributed by atoms with Crippen molar-refractivity contribution in [3.8, 4) is 0 Å². The molecule has 12 heavy (non-hydrogen) atoms. The minimum Gasteiger partial charge on any atom is -0.388 e. The number of hydrogen-bond acceptors (Lipinski definition) is 1. The molecule has 2 aliphatic rings. The van der Waals surface area contributed by atoms with Crippen LogP contribution >= 0.6 is 0 Å². The second kappa shape index (κ2) is 1.95. The van der Waals surface area contributed by atoms with Gasteiger partial charge in [-0.2, -0.15) is 0 Å². The van der Waals surface area contributed by atoms with Crippen molar-refractivity contribution in [1.82, 2.24) is 0 Å². The molecule has 1 nitrogen and oxygen atoms in total. The molecule has 1 heteroatoms. The zero-order valence-electron chi connectivity index (χ0n) is 8.39. The third-order valence-corrected chi connectivity index (χ3v) is 4.57. The van der Waals surface area contributed by atoms with Gasteiger partial charge in [-0.1, -0.05) is 26.8 Å². The van der Waals surface area contributed by atoms with Crippen LogP contribution in [-0.2, 0) is 0 Å². The Hall–Kier alpha value is -0.300. The average Bonchev–Trinajstić information content (AvgIpc) is 2.42. The van der Waals surface area contributed by atoms with Gasteiger partial charge in [0.1, 0.15) is 0 Å². The number of rotatable bonds is 0. The molecule has 0 spiro atoms. The lowest BCUT2D eigenvalue weighted by Gasteiger charge is -2.25. The van der Waals surface area contributed by atoms with Crippen LogP contribution in [0, 0.1) is 16.7 Å². The van der Waals surface area contributed by atoms with Crippen LogP contribution in [0.2, 0.25) is 0 Å². The third kappa shape index (κ3) is 0.646. The maximum Gasteiger partial charge on any atom is 0.0809 e. The standard InChI is InChI=1S/C11H18O/c1-7-5-6-8-10(2,3)11(8,4)9(7)12/h5,8-9,12H,6H2,1-4H3. The first kappa shape index (κ1) is 8.31. The molecular formula is C11H18O. The van der Waals surface area contributed by atoms with Crippen molar-refractivity contribution in [2.24, 2.45) is 16.7 Å². The lowest BCUT2D eigenvalue weighted by molar-refractivity contribution is 0.104. The van der Waals surface area contributed by atoms with Crippen LogP contribution in [0.1, 0.15) is 34.1 Å². The van der Waals surface area contributed by atoms with E-state index in [4.69, 9.17) is 0 Å². The zero-order chi connectivity index (χ0) is 9.15. The maximum absolute atomic E-state index is 10.0. The van der Waals surface area contributed by atoms with Gasteiger partial charge in [0.25, 0.3) is 0 Å². The van der Waals surface area contributed by atoms with Crippen molar-refractivity contribution in [2.75, 3.05) is 0 Å². The van der Waals surface area contributed by atoms with E-state index in [9.17, 15) is 5.11 Å². The lowest BCUT2D eigenvalue weighted by atomic mass is 9.85. The first-order valence-electron chi connectivity index (χ1n) is 4.77. The Morgan fingerprint density at radius 3 is 2.50 bits per heavy atom. The van der Waals surface area contributed by atoms with E-state index in [1.165, 1.54) is 5.57 Å². The fourth-order valence-corrected chi connectivity index (χ4v) is 3.11. The van der Waals surface area contributed by atoms with Crippen LogP contribution in [0.25, 0.3) is 0 Å². The SMILES string of the molecule is CC1=CCC2C(C)(C)C2(C)C1O. The van der Waals surface area contributed by atoms with E-state index in [0.29, 0.717) is 11.3 Å². The molecule has 0 heterocycles. The van der Waals surface area contributed by atoms with Crippen LogP contribution in [0.4, 0.5) is 0 Å². The Kier molecular flexibility index (Phi) is 1.35. The Balaban J connectivity index is 2.35. The predicted octanol–water partition coefficient (Wildman–Crippen LogP) is 2.36. The number of hydrogen-bond donors (Lipinski definition) is 1. The Morgan fingerprint density at radius 2 is 2.00 bits per heavy atom. The van der Waals surface area contributed by atoms with E-state index in [2.05, 4.69) is 26.8 Å². The Labute approximate surface area is 74.5 Å². The van der Waals surface area contributed by atoms with Crippen LogP contribution in [-0.4, -0.2) is 11.2 Å². The first-order valence-corrected chi connectivity index (χ1v) is 4.77. The van der Waals surface area contributed by atoms with Crippen molar-refractivity contribution in [3.05, 3.63) is 11.6 Å². The summed E-state index contributed by atoms with van der Waals surface area (Å²) >= 11 is 0. The molecule has 0 bridgehead atoms. The second-order valence-electron chi connectivity index (χ2n) is 5.14. The van der Waals surface area contributed by atoms with Crippen molar-refractivity contribution in [1.29, 1.82) is 0 Å². The molecule has 0 saturated heterocycles. The molecule has 2 rings (SSSR count). The summed E-state index contributed by atoms with van der Waals surface area (Å²) in [5.74, 6) is 0.698. The van der Waals surface area contributed by atoms with Crippen LogP contribution in [0.3, 0.4) is 0 Å². The summed E-state index contributed by atoms with van der Waals surface area (Å²) < 4.78 is 0. The highest BCUT2D eigenvalue weighted by Crippen LogP contribution is 2.74. The van der Waals surface area contributed by atoms with Crippen LogP contribution < -0.4 is 0 Å². The molecule has 3 atom stereocenters. The summed E-state index contributed by atoms with van der Waals surface area (Å²) in [5, 5.41) is 10.0. The summed E-state index contributed by atoms with van der Waals surface area (Å²) in [6.07, 6.45) is 3.16.